The van der Waals surface area contributed by atoms with Crippen LogP contribution in [-0.2, 0) is 11.2 Å². The third-order valence-electron chi connectivity index (χ3n) is 3.56. The molecular weight excluding hydrogens is 266 g/mol. The van der Waals surface area contributed by atoms with Crippen LogP contribution in [0.15, 0.2) is 36.7 Å². The summed E-state index contributed by atoms with van der Waals surface area (Å²) >= 11 is 0. The Morgan fingerprint density at radius 2 is 2.00 bits per heavy atom. The molecule has 1 saturated heterocycles. The van der Waals surface area contributed by atoms with Crippen molar-refractivity contribution in [1.29, 1.82) is 0 Å². The summed E-state index contributed by atoms with van der Waals surface area (Å²) in [6, 6.07) is 8.47. The Morgan fingerprint density at radius 3 is 2.62 bits per heavy atom. The van der Waals surface area contributed by atoms with Crippen LogP contribution in [0.25, 0.3) is 0 Å². The maximum Gasteiger partial charge on any atom is 0.155 e. The minimum absolute atomic E-state index is 0.157. The van der Waals surface area contributed by atoms with Crippen molar-refractivity contribution in [1.82, 2.24) is 15.3 Å². The minimum atomic E-state index is 0.157. The van der Waals surface area contributed by atoms with Gasteiger partial charge in [-0.15, -0.1) is 0 Å². The highest BCUT2D eigenvalue weighted by Gasteiger charge is 2.15. The molecule has 2 heterocycles. The second kappa shape index (κ2) is 6.65. The van der Waals surface area contributed by atoms with Crippen LogP contribution in [0.4, 0.5) is 0 Å². The lowest BCUT2D eigenvalue weighted by atomic mass is 10.0. The van der Waals surface area contributed by atoms with Gasteiger partial charge in [-0.3, -0.25) is 0 Å². The molecule has 1 N–H and O–H groups in total. The van der Waals surface area contributed by atoms with Gasteiger partial charge < -0.3 is 14.8 Å². The van der Waals surface area contributed by atoms with E-state index in [4.69, 9.17) is 9.47 Å². The highest BCUT2D eigenvalue weighted by Crippen LogP contribution is 2.19. The van der Waals surface area contributed by atoms with Crippen molar-refractivity contribution in [2.45, 2.75) is 12.5 Å². The summed E-state index contributed by atoms with van der Waals surface area (Å²) in [6.07, 6.45) is 4.26. The Kier molecular flexibility index (Phi) is 4.43. The van der Waals surface area contributed by atoms with E-state index in [1.807, 2.05) is 0 Å². The summed E-state index contributed by atoms with van der Waals surface area (Å²) < 4.78 is 10.8. The highest BCUT2D eigenvalue weighted by molar-refractivity contribution is 5.27. The Labute approximate surface area is 124 Å². The van der Waals surface area contributed by atoms with Gasteiger partial charge in [-0.2, -0.15) is 0 Å². The zero-order valence-electron chi connectivity index (χ0n) is 12.1. The Balaban J connectivity index is 1.65. The summed E-state index contributed by atoms with van der Waals surface area (Å²) in [6.45, 7) is 2.58. The number of nitrogens with zero attached hydrogens (tertiary/aromatic N) is 2. The van der Waals surface area contributed by atoms with Gasteiger partial charge in [0.25, 0.3) is 0 Å². The first-order valence-electron chi connectivity index (χ1n) is 7.11. The van der Waals surface area contributed by atoms with Crippen LogP contribution in [0.3, 0.4) is 0 Å². The van der Waals surface area contributed by atoms with Crippen molar-refractivity contribution in [3.63, 3.8) is 0 Å². The summed E-state index contributed by atoms with van der Waals surface area (Å²) in [7, 11) is 1.61. The molecule has 0 amide bonds. The molecule has 110 valence electrons. The Bertz CT molecular complexity index is 563. The monoisotopic (exact) mass is 285 g/mol. The molecule has 5 nitrogen and oxygen atoms in total. The van der Waals surface area contributed by atoms with E-state index in [1.165, 1.54) is 11.1 Å². The van der Waals surface area contributed by atoms with Gasteiger partial charge in [-0.25, -0.2) is 9.97 Å². The van der Waals surface area contributed by atoms with Gasteiger partial charge in [-0.1, -0.05) is 24.3 Å². The van der Waals surface area contributed by atoms with Crippen molar-refractivity contribution in [2.24, 2.45) is 0 Å². The van der Waals surface area contributed by atoms with E-state index in [2.05, 4.69) is 39.6 Å². The molecule has 1 aromatic heterocycles. The predicted molar refractivity (Wildman–Crippen MR) is 79.4 cm³/mol. The molecule has 0 aliphatic carbocycles. The van der Waals surface area contributed by atoms with Crippen LogP contribution in [-0.4, -0.2) is 36.8 Å². The number of ether oxygens (including phenoxy) is 2. The lowest BCUT2D eigenvalue weighted by Crippen LogP contribution is -2.33. The molecular formula is C16H19N3O2. The minimum Gasteiger partial charge on any atom is -0.494 e. The first kappa shape index (κ1) is 14.0. The molecule has 1 aliphatic rings. The van der Waals surface area contributed by atoms with E-state index in [9.17, 15) is 0 Å². The molecule has 0 saturated carbocycles. The average molecular weight is 285 g/mol. The van der Waals surface area contributed by atoms with E-state index in [1.54, 1.807) is 19.5 Å². The molecule has 0 unspecified atom stereocenters. The van der Waals surface area contributed by atoms with Crippen molar-refractivity contribution < 1.29 is 9.47 Å². The number of hydrogen-bond acceptors (Lipinski definition) is 5. The molecule has 1 aromatic carbocycles. The molecule has 1 aliphatic heterocycles. The van der Waals surface area contributed by atoms with Gasteiger partial charge in [0.2, 0.25) is 0 Å². The fourth-order valence-corrected chi connectivity index (χ4v) is 2.35. The molecule has 1 fully saturated rings. The molecule has 0 bridgehead atoms. The van der Waals surface area contributed by atoms with Gasteiger partial charge >= 0.3 is 0 Å². The van der Waals surface area contributed by atoms with Crippen LogP contribution < -0.4 is 10.1 Å². The van der Waals surface area contributed by atoms with E-state index in [0.717, 1.165) is 25.5 Å². The maximum absolute atomic E-state index is 5.75. The number of morpholine rings is 1. The zero-order chi connectivity index (χ0) is 14.5. The molecule has 3 rings (SSSR count). The summed E-state index contributed by atoms with van der Waals surface area (Å²) in [4.78, 5) is 8.57. The van der Waals surface area contributed by atoms with Gasteiger partial charge in [0, 0.05) is 19.5 Å². The van der Waals surface area contributed by atoms with E-state index in [0.29, 0.717) is 12.2 Å². The average Bonchev–Trinajstić information content (AvgIpc) is 2.57. The van der Waals surface area contributed by atoms with Crippen LogP contribution in [0.2, 0.25) is 0 Å². The largest absolute Gasteiger partial charge is 0.494 e. The summed E-state index contributed by atoms with van der Waals surface area (Å²) in [5, 5.41) is 3.34. The van der Waals surface area contributed by atoms with Gasteiger partial charge in [0.15, 0.2) is 5.75 Å². The Morgan fingerprint density at radius 1 is 1.24 bits per heavy atom. The van der Waals surface area contributed by atoms with Crippen molar-refractivity contribution >= 4 is 0 Å². The van der Waals surface area contributed by atoms with E-state index < -0.39 is 0 Å². The predicted octanol–water partition coefficient (Wildman–Crippen LogP) is 1.74. The van der Waals surface area contributed by atoms with Gasteiger partial charge in [0.05, 0.1) is 32.2 Å². The fourth-order valence-electron chi connectivity index (χ4n) is 2.35. The van der Waals surface area contributed by atoms with Crippen molar-refractivity contribution in [3.8, 4) is 5.75 Å². The molecule has 0 radical (unpaired) electrons. The lowest BCUT2D eigenvalue weighted by molar-refractivity contribution is 0.0277. The normalized spacial score (nSPS) is 18.4. The molecule has 2 aromatic rings. The molecule has 1 atom stereocenters. The summed E-state index contributed by atoms with van der Waals surface area (Å²) in [5.74, 6) is 1.47. The number of benzene rings is 1. The van der Waals surface area contributed by atoms with Crippen LogP contribution >= 0.6 is 0 Å². The zero-order valence-corrected chi connectivity index (χ0v) is 12.1. The molecule has 5 heteroatoms. The van der Waals surface area contributed by atoms with Gasteiger partial charge in [0.1, 0.15) is 5.82 Å². The standard InChI is InChI=1S/C16H19N3O2/c1-20-14-9-18-16(19-10-14)8-12-2-4-13(5-3-12)15-11-17-6-7-21-15/h2-5,9-10,15,17H,6-8,11H2,1H3/t15-/m1/s1. The third kappa shape index (κ3) is 3.56. The quantitative estimate of drug-likeness (QED) is 0.927. The first-order chi connectivity index (χ1) is 10.3. The number of rotatable bonds is 4. The van der Waals surface area contributed by atoms with Crippen molar-refractivity contribution in [3.05, 3.63) is 53.6 Å². The number of nitrogens with one attached hydrogen (secondary N) is 1. The van der Waals surface area contributed by atoms with Crippen LogP contribution in [0.5, 0.6) is 5.75 Å². The number of methoxy groups -OCH3 is 1. The fraction of sp³-hybridized carbons (Fsp3) is 0.375. The van der Waals surface area contributed by atoms with E-state index in [-0.39, 0.29) is 6.10 Å². The molecule has 21 heavy (non-hydrogen) atoms. The topological polar surface area (TPSA) is 56.3 Å². The third-order valence-corrected chi connectivity index (χ3v) is 3.56. The number of hydrogen-bond donors (Lipinski definition) is 1. The second-order valence-corrected chi connectivity index (χ2v) is 5.02. The molecule has 0 spiro atoms. The second-order valence-electron chi connectivity index (χ2n) is 5.02. The van der Waals surface area contributed by atoms with Crippen LogP contribution in [0.1, 0.15) is 23.1 Å². The lowest BCUT2D eigenvalue weighted by Gasteiger charge is -2.24. The van der Waals surface area contributed by atoms with E-state index >= 15 is 0 Å². The Hall–Kier alpha value is -1.98. The highest BCUT2D eigenvalue weighted by atomic mass is 16.5. The SMILES string of the molecule is COc1cnc(Cc2ccc([C@H]3CNCCO3)cc2)nc1. The summed E-state index contributed by atoms with van der Waals surface area (Å²) in [5.41, 5.74) is 2.40. The van der Waals surface area contributed by atoms with Crippen LogP contribution in [0, 0.1) is 0 Å². The van der Waals surface area contributed by atoms with Crippen molar-refractivity contribution in [2.75, 3.05) is 26.8 Å². The first-order valence-corrected chi connectivity index (χ1v) is 7.11. The number of aromatic nitrogens is 2. The maximum atomic E-state index is 5.75. The van der Waals surface area contributed by atoms with Gasteiger partial charge in [-0.05, 0) is 11.1 Å². The smallest absolute Gasteiger partial charge is 0.155 e.